The van der Waals surface area contributed by atoms with E-state index in [4.69, 9.17) is 21.5 Å². The number of aryl methyl sites for hydroxylation is 1. The summed E-state index contributed by atoms with van der Waals surface area (Å²) in [5.41, 5.74) is 1.90. The minimum absolute atomic E-state index is 0.0965. The van der Waals surface area contributed by atoms with Gasteiger partial charge in [0.25, 0.3) is 0 Å². The first kappa shape index (κ1) is 20.7. The zero-order valence-electron chi connectivity index (χ0n) is 14.5. The molecular formula is C18H23ClN2O4S. The third-order valence-electron chi connectivity index (χ3n) is 3.79. The van der Waals surface area contributed by atoms with Gasteiger partial charge in [-0.15, -0.1) is 0 Å². The summed E-state index contributed by atoms with van der Waals surface area (Å²) in [4.78, 5) is 0.0965. The fourth-order valence-corrected chi connectivity index (χ4v) is 3.11. The van der Waals surface area contributed by atoms with E-state index in [0.717, 1.165) is 11.1 Å². The molecule has 8 heteroatoms. The van der Waals surface area contributed by atoms with E-state index in [9.17, 15) is 13.5 Å². The van der Waals surface area contributed by atoms with Crippen LogP contribution in [0.25, 0.3) is 0 Å². The minimum atomic E-state index is -3.66. The molecule has 0 aliphatic heterocycles. The first-order valence-corrected chi connectivity index (χ1v) is 10.1. The van der Waals surface area contributed by atoms with E-state index in [1.165, 1.54) is 12.1 Å². The molecular weight excluding hydrogens is 376 g/mol. The molecule has 2 aromatic carbocycles. The van der Waals surface area contributed by atoms with Gasteiger partial charge in [-0.2, -0.15) is 0 Å². The van der Waals surface area contributed by atoms with Crippen molar-refractivity contribution in [2.75, 3.05) is 19.7 Å². The van der Waals surface area contributed by atoms with Crippen LogP contribution >= 0.6 is 11.6 Å². The van der Waals surface area contributed by atoms with Crippen LogP contribution in [-0.4, -0.2) is 39.3 Å². The van der Waals surface area contributed by atoms with Crippen molar-refractivity contribution in [3.05, 3.63) is 58.6 Å². The molecule has 142 valence electrons. The van der Waals surface area contributed by atoms with Gasteiger partial charge < -0.3 is 15.2 Å². The number of hydrogen-bond donors (Lipinski definition) is 3. The van der Waals surface area contributed by atoms with Crippen LogP contribution in [0.5, 0.6) is 5.75 Å². The average Bonchev–Trinajstić information content (AvgIpc) is 2.57. The predicted octanol–water partition coefficient (Wildman–Crippen LogP) is 1.87. The molecule has 0 saturated carbocycles. The Kier molecular flexibility index (Phi) is 7.43. The average molecular weight is 399 g/mol. The molecule has 0 saturated heterocycles. The highest BCUT2D eigenvalue weighted by Crippen LogP contribution is 2.21. The second kappa shape index (κ2) is 9.34. The summed E-state index contributed by atoms with van der Waals surface area (Å²) in [5.74, 6) is 0.698. The van der Waals surface area contributed by atoms with Gasteiger partial charge in [0, 0.05) is 11.6 Å². The van der Waals surface area contributed by atoms with Gasteiger partial charge in [-0.25, -0.2) is 13.6 Å². The van der Waals surface area contributed by atoms with E-state index in [1.54, 1.807) is 24.3 Å². The van der Waals surface area contributed by atoms with Crippen molar-refractivity contribution in [2.24, 2.45) is 5.14 Å². The molecule has 0 aliphatic carbocycles. The van der Waals surface area contributed by atoms with E-state index in [2.05, 4.69) is 5.32 Å². The summed E-state index contributed by atoms with van der Waals surface area (Å²) >= 11 is 5.89. The molecule has 4 N–H and O–H groups in total. The number of rotatable bonds is 9. The van der Waals surface area contributed by atoms with Gasteiger partial charge in [-0.3, -0.25) is 0 Å². The summed E-state index contributed by atoms with van der Waals surface area (Å²) in [5, 5.41) is 18.8. The van der Waals surface area contributed by atoms with Gasteiger partial charge >= 0.3 is 0 Å². The zero-order chi connectivity index (χ0) is 19.2. The smallest absolute Gasteiger partial charge is 0.238 e. The molecule has 2 aromatic rings. The van der Waals surface area contributed by atoms with Crippen LogP contribution in [-0.2, 0) is 16.4 Å². The largest absolute Gasteiger partial charge is 0.491 e. The van der Waals surface area contributed by atoms with Gasteiger partial charge in [-0.05, 0) is 61.3 Å². The number of sulfonamides is 1. The zero-order valence-corrected chi connectivity index (χ0v) is 16.1. The molecule has 0 unspecified atom stereocenters. The predicted molar refractivity (Wildman–Crippen MR) is 102 cm³/mol. The Morgan fingerprint density at radius 3 is 2.54 bits per heavy atom. The number of aliphatic hydroxyl groups is 1. The molecule has 0 radical (unpaired) electrons. The molecule has 0 aliphatic rings. The topological polar surface area (TPSA) is 102 Å². The molecule has 26 heavy (non-hydrogen) atoms. The highest BCUT2D eigenvalue weighted by Gasteiger charge is 2.08. The lowest BCUT2D eigenvalue weighted by atomic mass is 10.1. The van der Waals surface area contributed by atoms with E-state index < -0.39 is 16.1 Å². The van der Waals surface area contributed by atoms with Gasteiger partial charge in [0.15, 0.2) is 0 Å². The molecule has 0 amide bonds. The molecule has 0 bridgehead atoms. The van der Waals surface area contributed by atoms with Crippen LogP contribution < -0.4 is 15.2 Å². The number of halogens is 1. The Balaban J connectivity index is 1.69. The van der Waals surface area contributed by atoms with Crippen LogP contribution in [0, 0.1) is 6.92 Å². The summed E-state index contributed by atoms with van der Waals surface area (Å²) in [6.45, 7) is 3.11. The Bertz CT molecular complexity index is 826. The SMILES string of the molecule is Cc1cc(Cl)ccc1OC[C@H](O)CNCCc1ccc(S(N)(=O)=O)cc1. The van der Waals surface area contributed by atoms with Gasteiger partial charge in [0.05, 0.1) is 4.90 Å². The quantitative estimate of drug-likeness (QED) is 0.560. The number of nitrogens with one attached hydrogen (secondary N) is 1. The lowest BCUT2D eigenvalue weighted by Gasteiger charge is -2.14. The Hall–Kier alpha value is -1.64. The molecule has 1 atom stereocenters. The second-order valence-electron chi connectivity index (χ2n) is 6.02. The Morgan fingerprint density at radius 1 is 1.23 bits per heavy atom. The minimum Gasteiger partial charge on any atom is -0.491 e. The number of primary sulfonamides is 1. The summed E-state index contributed by atoms with van der Waals surface area (Å²) in [7, 11) is -3.66. The van der Waals surface area contributed by atoms with Crippen LogP contribution in [0.3, 0.4) is 0 Å². The lowest BCUT2D eigenvalue weighted by molar-refractivity contribution is 0.106. The standard InChI is InChI=1S/C18H23ClN2O4S/c1-13-10-15(19)4-7-18(13)25-12-16(22)11-21-9-8-14-2-5-17(6-3-14)26(20,23)24/h2-7,10,16,21-22H,8-9,11-12H2,1H3,(H2,20,23,24)/t16-/m1/s1. The fourth-order valence-electron chi connectivity index (χ4n) is 2.37. The molecule has 6 nitrogen and oxygen atoms in total. The maximum absolute atomic E-state index is 11.2. The second-order valence-corrected chi connectivity index (χ2v) is 8.02. The first-order valence-electron chi connectivity index (χ1n) is 8.15. The fraction of sp³-hybridized carbons (Fsp3) is 0.333. The van der Waals surface area contributed by atoms with Crippen molar-refractivity contribution in [3.63, 3.8) is 0 Å². The maximum Gasteiger partial charge on any atom is 0.238 e. The third-order valence-corrected chi connectivity index (χ3v) is 4.95. The van der Waals surface area contributed by atoms with E-state index in [-0.39, 0.29) is 11.5 Å². The molecule has 0 aromatic heterocycles. The maximum atomic E-state index is 11.2. The molecule has 0 spiro atoms. The monoisotopic (exact) mass is 398 g/mol. The van der Waals surface area contributed by atoms with Crippen molar-refractivity contribution >= 4 is 21.6 Å². The van der Waals surface area contributed by atoms with Crippen LogP contribution in [0.2, 0.25) is 5.02 Å². The van der Waals surface area contributed by atoms with E-state index >= 15 is 0 Å². The third kappa shape index (κ3) is 6.59. The molecule has 0 fully saturated rings. The van der Waals surface area contributed by atoms with Gasteiger partial charge in [0.2, 0.25) is 10.0 Å². The normalized spacial score (nSPS) is 12.8. The van der Waals surface area contributed by atoms with Crippen LogP contribution in [0.15, 0.2) is 47.4 Å². The number of ether oxygens (including phenoxy) is 1. The van der Waals surface area contributed by atoms with Crippen LogP contribution in [0.1, 0.15) is 11.1 Å². The number of benzene rings is 2. The van der Waals surface area contributed by atoms with Crippen molar-refractivity contribution in [3.8, 4) is 5.75 Å². The summed E-state index contributed by atoms with van der Waals surface area (Å²) < 4.78 is 28.0. The van der Waals surface area contributed by atoms with E-state index in [1.807, 2.05) is 13.0 Å². The first-order chi connectivity index (χ1) is 12.3. The highest BCUT2D eigenvalue weighted by atomic mass is 35.5. The molecule has 0 heterocycles. The van der Waals surface area contributed by atoms with E-state index in [0.29, 0.717) is 30.3 Å². The lowest BCUT2D eigenvalue weighted by Crippen LogP contribution is -2.32. The van der Waals surface area contributed by atoms with Crippen molar-refractivity contribution in [1.29, 1.82) is 0 Å². The van der Waals surface area contributed by atoms with Gasteiger partial charge in [0.1, 0.15) is 18.5 Å². The Labute approximate surface area is 159 Å². The Morgan fingerprint density at radius 2 is 1.92 bits per heavy atom. The number of nitrogens with two attached hydrogens (primary N) is 1. The van der Waals surface area contributed by atoms with Crippen molar-refractivity contribution < 1.29 is 18.3 Å². The summed E-state index contributed by atoms with van der Waals surface area (Å²) in [6.07, 6.45) is 0.0595. The van der Waals surface area contributed by atoms with Crippen LogP contribution in [0.4, 0.5) is 0 Å². The summed E-state index contributed by atoms with van der Waals surface area (Å²) in [6, 6.07) is 11.8. The van der Waals surface area contributed by atoms with Crippen molar-refractivity contribution in [2.45, 2.75) is 24.3 Å². The number of hydrogen-bond acceptors (Lipinski definition) is 5. The molecule has 2 rings (SSSR count). The highest BCUT2D eigenvalue weighted by molar-refractivity contribution is 7.89. The van der Waals surface area contributed by atoms with Crippen molar-refractivity contribution in [1.82, 2.24) is 5.32 Å². The number of aliphatic hydroxyl groups excluding tert-OH is 1. The van der Waals surface area contributed by atoms with Gasteiger partial charge in [-0.1, -0.05) is 23.7 Å².